The molecule has 4 nitrogen and oxygen atoms in total. The van der Waals surface area contributed by atoms with Gasteiger partial charge in [0.05, 0.1) is 0 Å². The molecule has 4 heteroatoms. The SMILES string of the molecule is Cc1cc(N=O)c(C)cc1N=O. The number of rotatable bonds is 2. The van der Waals surface area contributed by atoms with Crippen molar-refractivity contribution >= 4 is 11.4 Å². The molecule has 1 rings (SSSR count). The molecule has 0 fully saturated rings. The van der Waals surface area contributed by atoms with Gasteiger partial charge in [-0.1, -0.05) is 0 Å². The Kier molecular flexibility index (Phi) is 2.28. The minimum atomic E-state index is 0.361. The van der Waals surface area contributed by atoms with Gasteiger partial charge in [0.1, 0.15) is 11.4 Å². The summed E-state index contributed by atoms with van der Waals surface area (Å²) in [6.45, 7) is 3.43. The van der Waals surface area contributed by atoms with Crippen molar-refractivity contribution in [3.05, 3.63) is 33.1 Å². The second kappa shape index (κ2) is 3.21. The van der Waals surface area contributed by atoms with Gasteiger partial charge in [0.25, 0.3) is 0 Å². The lowest BCUT2D eigenvalue weighted by Crippen LogP contribution is -1.78. The number of hydrogen-bond acceptors (Lipinski definition) is 4. The van der Waals surface area contributed by atoms with Crippen molar-refractivity contribution in [2.45, 2.75) is 13.8 Å². The summed E-state index contributed by atoms with van der Waals surface area (Å²) in [5, 5.41) is 5.63. The molecule has 0 heterocycles. The van der Waals surface area contributed by atoms with Gasteiger partial charge in [0.2, 0.25) is 0 Å². The van der Waals surface area contributed by atoms with E-state index in [4.69, 9.17) is 0 Å². The van der Waals surface area contributed by atoms with Gasteiger partial charge >= 0.3 is 0 Å². The van der Waals surface area contributed by atoms with Crippen LogP contribution in [-0.2, 0) is 0 Å². The van der Waals surface area contributed by atoms with Crippen molar-refractivity contribution in [1.82, 2.24) is 0 Å². The van der Waals surface area contributed by atoms with Crippen LogP contribution in [0, 0.1) is 23.7 Å². The Bertz CT molecular complexity index is 300. The first-order chi connectivity index (χ1) is 5.69. The van der Waals surface area contributed by atoms with Gasteiger partial charge in [0, 0.05) is 0 Å². The zero-order valence-electron chi connectivity index (χ0n) is 6.87. The highest BCUT2D eigenvalue weighted by Gasteiger charge is 2.04. The summed E-state index contributed by atoms with van der Waals surface area (Å²) in [4.78, 5) is 20.4. The summed E-state index contributed by atoms with van der Waals surface area (Å²) in [7, 11) is 0. The van der Waals surface area contributed by atoms with Gasteiger partial charge in [-0.2, -0.15) is 0 Å². The van der Waals surface area contributed by atoms with E-state index in [-0.39, 0.29) is 0 Å². The summed E-state index contributed by atoms with van der Waals surface area (Å²) >= 11 is 0. The fourth-order valence-corrected chi connectivity index (χ4v) is 0.982. The van der Waals surface area contributed by atoms with Crippen molar-refractivity contribution in [3.63, 3.8) is 0 Å². The average molecular weight is 164 g/mol. The Morgan fingerprint density at radius 1 is 0.917 bits per heavy atom. The molecule has 12 heavy (non-hydrogen) atoms. The second-order valence-electron chi connectivity index (χ2n) is 2.61. The normalized spacial score (nSPS) is 9.50. The third-order valence-corrected chi connectivity index (χ3v) is 1.71. The predicted octanol–water partition coefficient (Wildman–Crippen LogP) is 3.10. The van der Waals surface area contributed by atoms with Gasteiger partial charge in [-0.05, 0) is 47.5 Å². The second-order valence-corrected chi connectivity index (χ2v) is 2.61. The van der Waals surface area contributed by atoms with Crippen LogP contribution in [0.25, 0.3) is 0 Å². The minimum absolute atomic E-state index is 0.361. The number of benzene rings is 1. The Balaban J connectivity index is 3.34. The van der Waals surface area contributed by atoms with Crippen LogP contribution in [0.4, 0.5) is 11.4 Å². The van der Waals surface area contributed by atoms with Crippen molar-refractivity contribution < 1.29 is 0 Å². The van der Waals surface area contributed by atoms with E-state index in [1.165, 1.54) is 0 Å². The van der Waals surface area contributed by atoms with Crippen molar-refractivity contribution in [2.24, 2.45) is 10.4 Å². The molecule has 0 atom stereocenters. The van der Waals surface area contributed by atoms with Crippen LogP contribution in [0.1, 0.15) is 11.1 Å². The minimum Gasteiger partial charge on any atom is -0.145 e. The fourth-order valence-electron chi connectivity index (χ4n) is 0.982. The third-order valence-electron chi connectivity index (χ3n) is 1.71. The van der Waals surface area contributed by atoms with Crippen molar-refractivity contribution in [2.75, 3.05) is 0 Å². The third kappa shape index (κ3) is 1.37. The number of nitroso groups, excluding NO2 is 2. The van der Waals surface area contributed by atoms with Crippen LogP contribution in [-0.4, -0.2) is 0 Å². The molecule has 1 aromatic rings. The molecular formula is C8H8N2O2. The van der Waals surface area contributed by atoms with Crippen LogP contribution >= 0.6 is 0 Å². The molecule has 0 saturated heterocycles. The molecule has 0 bridgehead atoms. The summed E-state index contributed by atoms with van der Waals surface area (Å²) in [5.41, 5.74) is 2.07. The van der Waals surface area contributed by atoms with Gasteiger partial charge < -0.3 is 0 Å². The molecule has 0 spiro atoms. The Morgan fingerprint density at radius 3 is 1.50 bits per heavy atom. The highest BCUT2D eigenvalue weighted by Crippen LogP contribution is 2.27. The standard InChI is InChI=1S/C8H8N2O2/c1-5-3-8(10-12)6(2)4-7(5)9-11/h3-4H,1-2H3. The lowest BCUT2D eigenvalue weighted by atomic mass is 10.1. The van der Waals surface area contributed by atoms with Crippen LogP contribution in [0.3, 0.4) is 0 Å². The number of hydrogen-bond donors (Lipinski definition) is 0. The van der Waals surface area contributed by atoms with Crippen molar-refractivity contribution in [1.29, 1.82) is 0 Å². The number of aryl methyl sites for hydroxylation is 2. The maximum atomic E-state index is 10.2. The quantitative estimate of drug-likeness (QED) is 0.630. The fraction of sp³-hybridized carbons (Fsp3) is 0.250. The summed E-state index contributed by atoms with van der Waals surface area (Å²) in [6, 6.07) is 3.11. The molecule has 0 aliphatic heterocycles. The van der Waals surface area contributed by atoms with Crippen LogP contribution < -0.4 is 0 Å². The van der Waals surface area contributed by atoms with Crippen LogP contribution in [0.15, 0.2) is 22.5 Å². The van der Waals surface area contributed by atoms with Gasteiger partial charge in [-0.3, -0.25) is 0 Å². The first-order valence-electron chi connectivity index (χ1n) is 3.47. The molecule has 1 aromatic carbocycles. The van der Waals surface area contributed by atoms with E-state index in [0.29, 0.717) is 22.5 Å². The Labute approximate surface area is 69.6 Å². The molecule has 0 N–H and O–H groups in total. The molecule has 0 aliphatic rings. The maximum absolute atomic E-state index is 10.2. The lowest BCUT2D eigenvalue weighted by molar-refractivity contribution is 1.31. The average Bonchev–Trinajstić information content (AvgIpc) is 2.08. The Morgan fingerprint density at radius 2 is 1.25 bits per heavy atom. The van der Waals surface area contributed by atoms with Crippen LogP contribution in [0.5, 0.6) is 0 Å². The molecule has 0 radical (unpaired) electrons. The summed E-state index contributed by atoms with van der Waals surface area (Å²) in [6.07, 6.45) is 0. The highest BCUT2D eigenvalue weighted by molar-refractivity contribution is 5.58. The van der Waals surface area contributed by atoms with E-state index < -0.39 is 0 Å². The zero-order chi connectivity index (χ0) is 9.14. The predicted molar refractivity (Wildman–Crippen MR) is 46.8 cm³/mol. The monoisotopic (exact) mass is 164 g/mol. The molecule has 0 unspecified atom stereocenters. The molecule has 0 aromatic heterocycles. The topological polar surface area (TPSA) is 58.9 Å². The van der Waals surface area contributed by atoms with Gasteiger partial charge in [-0.25, -0.2) is 0 Å². The van der Waals surface area contributed by atoms with E-state index in [9.17, 15) is 9.81 Å². The number of nitrogens with zero attached hydrogens (tertiary/aromatic N) is 2. The first-order valence-corrected chi connectivity index (χ1v) is 3.47. The van der Waals surface area contributed by atoms with E-state index in [1.807, 2.05) is 0 Å². The molecule has 62 valence electrons. The summed E-state index contributed by atoms with van der Waals surface area (Å²) in [5.74, 6) is 0. The summed E-state index contributed by atoms with van der Waals surface area (Å²) < 4.78 is 0. The van der Waals surface area contributed by atoms with E-state index in [1.54, 1.807) is 26.0 Å². The molecular weight excluding hydrogens is 156 g/mol. The van der Waals surface area contributed by atoms with Gasteiger partial charge in [-0.15, -0.1) is 9.81 Å². The zero-order valence-corrected chi connectivity index (χ0v) is 6.87. The van der Waals surface area contributed by atoms with Gasteiger partial charge in [0.15, 0.2) is 0 Å². The largest absolute Gasteiger partial charge is 0.145 e. The Hall–Kier alpha value is -1.58. The molecule has 0 amide bonds. The molecule has 0 saturated carbocycles. The lowest BCUT2D eigenvalue weighted by Gasteiger charge is -2.00. The smallest absolute Gasteiger partial charge is 0.111 e. The van der Waals surface area contributed by atoms with E-state index in [0.717, 1.165) is 0 Å². The molecule has 0 aliphatic carbocycles. The first kappa shape index (κ1) is 8.52. The maximum Gasteiger partial charge on any atom is 0.111 e. The van der Waals surface area contributed by atoms with E-state index in [2.05, 4.69) is 10.4 Å². The van der Waals surface area contributed by atoms with Crippen molar-refractivity contribution in [3.8, 4) is 0 Å². The van der Waals surface area contributed by atoms with Crippen LogP contribution in [0.2, 0.25) is 0 Å². The van der Waals surface area contributed by atoms with E-state index >= 15 is 0 Å². The highest BCUT2D eigenvalue weighted by atomic mass is 16.3.